The minimum atomic E-state index is -0.373. The van der Waals surface area contributed by atoms with Crippen molar-refractivity contribution in [3.05, 3.63) is 35.6 Å². The number of thioether (sulfide) groups is 1. The van der Waals surface area contributed by atoms with Crippen molar-refractivity contribution in [2.75, 3.05) is 0 Å². The maximum Gasteiger partial charge on any atom is 0.227 e. The third-order valence-electron chi connectivity index (χ3n) is 1.85. The van der Waals surface area contributed by atoms with E-state index < -0.39 is 0 Å². The molecule has 5 nitrogen and oxygen atoms in total. The zero-order chi connectivity index (χ0) is 11.5. The van der Waals surface area contributed by atoms with Gasteiger partial charge in [0.25, 0.3) is 0 Å². The minimum absolute atomic E-state index is 0.224. The van der Waals surface area contributed by atoms with Gasteiger partial charge in [-0.3, -0.25) is 4.79 Å². The van der Waals surface area contributed by atoms with Crippen LogP contribution in [-0.4, -0.2) is 25.3 Å². The molecule has 0 saturated heterocycles. The largest absolute Gasteiger partial charge is 0.281 e. The topological polar surface area (TPSA) is 60.7 Å². The maximum absolute atomic E-state index is 12.6. The maximum atomic E-state index is 12.6. The van der Waals surface area contributed by atoms with Gasteiger partial charge in [-0.05, 0) is 46.5 Å². The quantitative estimate of drug-likeness (QED) is 0.737. The number of aromatic nitrogens is 4. The predicted octanol–water partition coefficient (Wildman–Crippen LogP) is 1.28. The number of hydrogen-bond acceptors (Lipinski definition) is 5. The van der Waals surface area contributed by atoms with Gasteiger partial charge in [0.1, 0.15) is 5.82 Å². The van der Waals surface area contributed by atoms with Crippen molar-refractivity contribution in [2.45, 2.75) is 5.16 Å². The highest BCUT2D eigenvalue weighted by Crippen LogP contribution is 2.19. The molecular formula is C9H7FN4OS. The first kappa shape index (κ1) is 10.7. The van der Waals surface area contributed by atoms with Crippen molar-refractivity contribution < 1.29 is 9.18 Å². The molecule has 16 heavy (non-hydrogen) atoms. The number of nitrogens with zero attached hydrogens (tertiary/aromatic N) is 4. The van der Waals surface area contributed by atoms with Gasteiger partial charge in [0, 0.05) is 12.6 Å². The summed E-state index contributed by atoms with van der Waals surface area (Å²) in [5.74, 6) is -0.373. The lowest BCUT2D eigenvalue weighted by atomic mass is 10.2. The average molecular weight is 238 g/mol. The summed E-state index contributed by atoms with van der Waals surface area (Å²) in [5.41, 5.74) is 0.411. The predicted molar refractivity (Wildman–Crippen MR) is 55.4 cm³/mol. The summed E-state index contributed by atoms with van der Waals surface area (Å²) in [4.78, 5) is 11.7. The first-order valence-electron chi connectivity index (χ1n) is 4.37. The van der Waals surface area contributed by atoms with E-state index in [0.717, 1.165) is 11.8 Å². The summed E-state index contributed by atoms with van der Waals surface area (Å²) >= 11 is 0.901. The van der Waals surface area contributed by atoms with E-state index in [1.54, 1.807) is 7.05 Å². The fourth-order valence-electron chi connectivity index (χ4n) is 1.04. The SMILES string of the molecule is Cn1nnnc1SC(=O)c1ccc(F)cc1. The van der Waals surface area contributed by atoms with Crippen LogP contribution in [0.2, 0.25) is 0 Å². The van der Waals surface area contributed by atoms with Crippen LogP contribution in [0.15, 0.2) is 29.4 Å². The Labute approximate surface area is 94.7 Å². The molecule has 0 spiro atoms. The van der Waals surface area contributed by atoms with Crippen molar-refractivity contribution in [3.63, 3.8) is 0 Å². The van der Waals surface area contributed by atoms with Crippen LogP contribution in [0.4, 0.5) is 4.39 Å². The molecule has 82 valence electrons. The van der Waals surface area contributed by atoms with Gasteiger partial charge in [-0.1, -0.05) is 0 Å². The lowest BCUT2D eigenvalue weighted by molar-refractivity contribution is 0.108. The van der Waals surface area contributed by atoms with Gasteiger partial charge < -0.3 is 0 Å². The van der Waals surface area contributed by atoms with E-state index in [0.29, 0.717) is 10.7 Å². The molecule has 0 bridgehead atoms. The van der Waals surface area contributed by atoms with Crippen LogP contribution in [0.1, 0.15) is 10.4 Å². The van der Waals surface area contributed by atoms with E-state index >= 15 is 0 Å². The van der Waals surface area contributed by atoms with Crippen molar-refractivity contribution in [1.29, 1.82) is 0 Å². The highest BCUT2D eigenvalue weighted by molar-refractivity contribution is 8.14. The first-order valence-corrected chi connectivity index (χ1v) is 5.18. The van der Waals surface area contributed by atoms with E-state index in [1.807, 2.05) is 0 Å². The molecule has 0 saturated carbocycles. The molecule has 0 aliphatic heterocycles. The van der Waals surface area contributed by atoms with Gasteiger partial charge in [0.05, 0.1) is 0 Å². The van der Waals surface area contributed by atoms with Crippen LogP contribution >= 0.6 is 11.8 Å². The number of carbonyl (C=O) groups excluding carboxylic acids is 1. The van der Waals surface area contributed by atoms with Gasteiger partial charge in [-0.2, -0.15) is 0 Å². The van der Waals surface area contributed by atoms with Crippen molar-refractivity contribution in [3.8, 4) is 0 Å². The van der Waals surface area contributed by atoms with Crippen LogP contribution in [0, 0.1) is 5.82 Å². The standard InChI is InChI=1S/C9H7FN4OS/c1-14-9(11-12-13-14)16-8(15)6-2-4-7(10)5-3-6/h2-5H,1H3. The highest BCUT2D eigenvalue weighted by atomic mass is 32.2. The van der Waals surface area contributed by atoms with Gasteiger partial charge in [-0.15, -0.1) is 5.10 Å². The summed E-state index contributed by atoms with van der Waals surface area (Å²) in [6.45, 7) is 0. The van der Waals surface area contributed by atoms with E-state index in [1.165, 1.54) is 28.9 Å². The Bertz CT molecular complexity index is 510. The molecule has 0 radical (unpaired) electrons. The van der Waals surface area contributed by atoms with E-state index in [-0.39, 0.29) is 10.9 Å². The fourth-order valence-corrected chi connectivity index (χ4v) is 1.70. The molecule has 2 rings (SSSR count). The monoisotopic (exact) mass is 238 g/mol. The van der Waals surface area contributed by atoms with E-state index in [2.05, 4.69) is 15.5 Å². The lowest BCUT2D eigenvalue weighted by Gasteiger charge is -1.98. The van der Waals surface area contributed by atoms with Crippen molar-refractivity contribution in [1.82, 2.24) is 20.2 Å². The summed E-state index contributed by atoms with van der Waals surface area (Å²) in [6, 6.07) is 5.33. The fraction of sp³-hybridized carbons (Fsp3) is 0.111. The molecule has 1 aromatic carbocycles. The van der Waals surface area contributed by atoms with Gasteiger partial charge in [0.15, 0.2) is 0 Å². The van der Waals surface area contributed by atoms with Crippen LogP contribution in [0.3, 0.4) is 0 Å². The molecular weight excluding hydrogens is 231 g/mol. The number of hydrogen-bond donors (Lipinski definition) is 0. The summed E-state index contributed by atoms with van der Waals surface area (Å²) in [7, 11) is 1.64. The smallest absolute Gasteiger partial charge is 0.227 e. The molecule has 1 aromatic heterocycles. The molecule has 2 aromatic rings. The summed E-state index contributed by atoms with van der Waals surface area (Å²) in [6.07, 6.45) is 0. The van der Waals surface area contributed by atoms with Gasteiger partial charge in [0.2, 0.25) is 10.3 Å². The Morgan fingerprint density at radius 3 is 2.62 bits per heavy atom. The molecule has 0 atom stereocenters. The van der Waals surface area contributed by atoms with Gasteiger partial charge in [-0.25, -0.2) is 9.07 Å². The molecule has 7 heteroatoms. The zero-order valence-corrected chi connectivity index (χ0v) is 9.11. The molecule has 0 aliphatic carbocycles. The number of halogens is 1. The van der Waals surface area contributed by atoms with E-state index in [9.17, 15) is 9.18 Å². The zero-order valence-electron chi connectivity index (χ0n) is 8.29. The van der Waals surface area contributed by atoms with Crippen LogP contribution in [0.25, 0.3) is 0 Å². The third-order valence-corrected chi connectivity index (χ3v) is 2.79. The normalized spacial score (nSPS) is 10.4. The Morgan fingerprint density at radius 1 is 1.38 bits per heavy atom. The lowest BCUT2D eigenvalue weighted by Crippen LogP contribution is -1.98. The number of carbonyl (C=O) groups is 1. The number of tetrazole rings is 1. The second-order valence-electron chi connectivity index (χ2n) is 2.98. The summed E-state index contributed by atoms with van der Waals surface area (Å²) in [5, 5.41) is 10.9. The molecule has 0 unspecified atom stereocenters. The Morgan fingerprint density at radius 2 is 2.06 bits per heavy atom. The van der Waals surface area contributed by atoms with Crippen LogP contribution < -0.4 is 0 Å². The molecule has 0 amide bonds. The number of aryl methyl sites for hydroxylation is 1. The molecule has 1 heterocycles. The Kier molecular flexibility index (Phi) is 2.95. The first-order chi connectivity index (χ1) is 7.66. The van der Waals surface area contributed by atoms with Crippen molar-refractivity contribution in [2.24, 2.45) is 7.05 Å². The van der Waals surface area contributed by atoms with Gasteiger partial charge >= 0.3 is 0 Å². The molecule has 0 aliphatic rings. The van der Waals surface area contributed by atoms with Crippen LogP contribution in [0.5, 0.6) is 0 Å². The Balaban J connectivity index is 2.15. The average Bonchev–Trinajstić information content (AvgIpc) is 2.65. The Hall–Kier alpha value is -1.76. The highest BCUT2D eigenvalue weighted by Gasteiger charge is 2.12. The second-order valence-corrected chi connectivity index (χ2v) is 3.92. The minimum Gasteiger partial charge on any atom is -0.281 e. The summed E-state index contributed by atoms with van der Waals surface area (Å²) < 4.78 is 14.0. The third kappa shape index (κ3) is 2.25. The van der Waals surface area contributed by atoms with Crippen molar-refractivity contribution >= 4 is 16.9 Å². The molecule has 0 fully saturated rings. The second kappa shape index (κ2) is 4.40. The van der Waals surface area contributed by atoms with E-state index in [4.69, 9.17) is 0 Å². The number of rotatable bonds is 2. The number of benzene rings is 1. The van der Waals surface area contributed by atoms with Crippen LogP contribution in [-0.2, 0) is 7.05 Å². The molecule has 0 N–H and O–H groups in total.